The molecule has 21 heavy (non-hydrogen) atoms. The molecule has 0 saturated carbocycles. The van der Waals surface area contributed by atoms with E-state index in [1.807, 2.05) is 11.0 Å². The van der Waals surface area contributed by atoms with Gasteiger partial charge in [0.1, 0.15) is 5.82 Å². The van der Waals surface area contributed by atoms with Crippen LogP contribution < -0.4 is 4.90 Å². The Balaban J connectivity index is 2.03. The number of aliphatic carboxylic acids is 1. The van der Waals surface area contributed by atoms with Crippen molar-refractivity contribution >= 4 is 34.2 Å². The van der Waals surface area contributed by atoms with Crippen LogP contribution in [0.3, 0.4) is 0 Å². The maximum absolute atomic E-state index is 13.5. The topological polar surface area (TPSA) is 53.4 Å². The molecule has 1 aliphatic heterocycles. The lowest BCUT2D eigenvalue weighted by Gasteiger charge is -2.33. The summed E-state index contributed by atoms with van der Waals surface area (Å²) in [7, 11) is 0. The van der Waals surface area contributed by atoms with Crippen LogP contribution in [0.2, 0.25) is 5.02 Å². The summed E-state index contributed by atoms with van der Waals surface area (Å²) in [6, 6.07) is 4.68. The molecule has 1 fully saturated rings. The van der Waals surface area contributed by atoms with Gasteiger partial charge < -0.3 is 10.0 Å². The molecule has 3 rings (SSSR count). The predicted molar refractivity (Wildman–Crippen MR) is 79.3 cm³/mol. The summed E-state index contributed by atoms with van der Waals surface area (Å²) in [5.41, 5.74) is 1.37. The van der Waals surface area contributed by atoms with Crippen LogP contribution in [-0.4, -0.2) is 29.1 Å². The maximum Gasteiger partial charge on any atom is 0.308 e. The van der Waals surface area contributed by atoms with Gasteiger partial charge >= 0.3 is 5.97 Å². The first-order valence-electron chi connectivity index (χ1n) is 6.78. The quantitative estimate of drug-likeness (QED) is 0.924. The molecule has 0 amide bonds. The van der Waals surface area contributed by atoms with E-state index >= 15 is 0 Å². The zero-order valence-corrected chi connectivity index (χ0v) is 12.0. The first kappa shape index (κ1) is 14.1. The molecule has 1 aromatic heterocycles. The number of anilines is 1. The van der Waals surface area contributed by atoms with Crippen molar-refractivity contribution in [3.05, 3.63) is 35.2 Å². The van der Waals surface area contributed by atoms with E-state index in [9.17, 15) is 14.3 Å². The number of carboxylic acids is 1. The summed E-state index contributed by atoms with van der Waals surface area (Å²) >= 11 is 5.86. The Morgan fingerprint density at radius 1 is 1.48 bits per heavy atom. The smallest absolute Gasteiger partial charge is 0.308 e. The average molecular weight is 309 g/mol. The van der Waals surface area contributed by atoms with Gasteiger partial charge in [-0.1, -0.05) is 11.6 Å². The molecule has 1 atom stereocenters. The second kappa shape index (κ2) is 5.48. The lowest BCUT2D eigenvalue weighted by atomic mass is 9.97. The van der Waals surface area contributed by atoms with Gasteiger partial charge in [0.05, 0.1) is 16.5 Å². The normalized spacial score (nSPS) is 19.0. The number of carbonyl (C=O) groups is 1. The minimum Gasteiger partial charge on any atom is -0.481 e. The van der Waals surface area contributed by atoms with Gasteiger partial charge in [0.2, 0.25) is 0 Å². The maximum atomic E-state index is 13.5. The molecule has 2 aromatic rings. The molecular formula is C15H14ClFN2O2. The Kier molecular flexibility index (Phi) is 3.68. The zero-order valence-electron chi connectivity index (χ0n) is 11.2. The Bertz CT molecular complexity index is 707. The standard InChI is InChI=1S/C15H14ClFN2O2/c16-11-6-10-13(7-12(11)17)18-4-3-14(10)19-5-1-2-9(8-19)15(20)21/h3-4,6-7,9H,1-2,5,8H2,(H,20,21). The number of piperidine rings is 1. The number of nitrogens with zero attached hydrogens (tertiary/aromatic N) is 2. The highest BCUT2D eigenvalue weighted by Gasteiger charge is 2.26. The number of halogens is 2. The molecule has 0 bridgehead atoms. The van der Waals surface area contributed by atoms with E-state index in [0.717, 1.165) is 24.0 Å². The number of aromatic nitrogens is 1. The van der Waals surface area contributed by atoms with E-state index in [1.54, 1.807) is 12.3 Å². The van der Waals surface area contributed by atoms with Crippen LogP contribution in [-0.2, 0) is 4.79 Å². The van der Waals surface area contributed by atoms with E-state index in [1.165, 1.54) is 6.07 Å². The van der Waals surface area contributed by atoms with Crippen molar-refractivity contribution in [3.63, 3.8) is 0 Å². The Labute approximate surface area is 126 Å². The first-order valence-corrected chi connectivity index (χ1v) is 7.15. The van der Waals surface area contributed by atoms with Crippen molar-refractivity contribution in [1.29, 1.82) is 0 Å². The largest absolute Gasteiger partial charge is 0.481 e. The van der Waals surface area contributed by atoms with Crippen molar-refractivity contribution < 1.29 is 14.3 Å². The summed E-state index contributed by atoms with van der Waals surface area (Å²) in [4.78, 5) is 17.3. The number of benzene rings is 1. The minimum absolute atomic E-state index is 0.0449. The molecule has 110 valence electrons. The molecule has 1 unspecified atom stereocenters. The van der Waals surface area contributed by atoms with Crippen LogP contribution in [0, 0.1) is 11.7 Å². The lowest BCUT2D eigenvalue weighted by molar-refractivity contribution is -0.141. The second-order valence-electron chi connectivity index (χ2n) is 5.24. The van der Waals surface area contributed by atoms with Crippen LogP contribution >= 0.6 is 11.6 Å². The molecule has 1 saturated heterocycles. The highest BCUT2D eigenvalue weighted by molar-refractivity contribution is 6.31. The van der Waals surface area contributed by atoms with E-state index in [0.29, 0.717) is 18.5 Å². The molecule has 1 aromatic carbocycles. The van der Waals surface area contributed by atoms with Gasteiger partial charge in [-0.25, -0.2) is 4.39 Å². The zero-order chi connectivity index (χ0) is 15.0. The van der Waals surface area contributed by atoms with Crippen molar-refractivity contribution in [2.45, 2.75) is 12.8 Å². The Morgan fingerprint density at radius 2 is 2.29 bits per heavy atom. The molecule has 2 heterocycles. The van der Waals surface area contributed by atoms with Crippen LogP contribution in [0.5, 0.6) is 0 Å². The number of rotatable bonds is 2. The van der Waals surface area contributed by atoms with Crippen molar-refractivity contribution in [2.24, 2.45) is 5.92 Å². The van der Waals surface area contributed by atoms with Crippen molar-refractivity contribution in [1.82, 2.24) is 4.98 Å². The summed E-state index contributed by atoms with van der Waals surface area (Å²) in [6.07, 6.45) is 3.11. The fraction of sp³-hybridized carbons (Fsp3) is 0.333. The predicted octanol–water partition coefficient (Wildman–Crippen LogP) is 3.33. The monoisotopic (exact) mass is 308 g/mol. The van der Waals surface area contributed by atoms with E-state index in [4.69, 9.17) is 11.6 Å². The van der Waals surface area contributed by atoms with Gasteiger partial charge in [0.15, 0.2) is 0 Å². The van der Waals surface area contributed by atoms with Gasteiger partial charge in [-0.2, -0.15) is 0 Å². The van der Waals surface area contributed by atoms with Crippen LogP contribution in [0.1, 0.15) is 12.8 Å². The molecule has 0 spiro atoms. The third kappa shape index (κ3) is 2.65. The third-order valence-electron chi connectivity index (χ3n) is 3.87. The molecule has 1 aliphatic rings. The van der Waals surface area contributed by atoms with Crippen molar-refractivity contribution in [3.8, 4) is 0 Å². The molecule has 0 radical (unpaired) electrons. The fourth-order valence-electron chi connectivity index (χ4n) is 2.80. The third-order valence-corrected chi connectivity index (χ3v) is 4.16. The Morgan fingerprint density at radius 3 is 3.05 bits per heavy atom. The average Bonchev–Trinajstić information content (AvgIpc) is 2.48. The molecule has 6 heteroatoms. The van der Waals surface area contributed by atoms with Gasteiger partial charge in [-0.05, 0) is 25.0 Å². The number of fused-ring (bicyclic) bond motifs is 1. The van der Waals surface area contributed by atoms with E-state index in [2.05, 4.69) is 4.98 Å². The minimum atomic E-state index is -0.776. The van der Waals surface area contributed by atoms with Gasteiger partial charge in [0, 0.05) is 36.4 Å². The SMILES string of the molecule is O=C(O)C1CCCN(c2ccnc3cc(F)c(Cl)cc23)C1. The number of carboxylic acid groups (broad SMARTS) is 1. The Hall–Kier alpha value is -1.88. The highest BCUT2D eigenvalue weighted by atomic mass is 35.5. The van der Waals surface area contributed by atoms with Crippen LogP contribution in [0.15, 0.2) is 24.4 Å². The summed E-state index contributed by atoms with van der Waals surface area (Å²) in [5, 5.41) is 9.98. The first-order chi connectivity index (χ1) is 10.1. The number of hydrogen-bond donors (Lipinski definition) is 1. The summed E-state index contributed by atoms with van der Waals surface area (Å²) < 4.78 is 13.5. The van der Waals surface area contributed by atoms with Gasteiger partial charge in [-0.3, -0.25) is 9.78 Å². The second-order valence-corrected chi connectivity index (χ2v) is 5.64. The van der Waals surface area contributed by atoms with Crippen molar-refractivity contribution in [2.75, 3.05) is 18.0 Å². The fourth-order valence-corrected chi connectivity index (χ4v) is 2.96. The highest BCUT2D eigenvalue weighted by Crippen LogP contribution is 2.32. The lowest BCUT2D eigenvalue weighted by Crippen LogP contribution is -2.38. The molecular weight excluding hydrogens is 295 g/mol. The summed E-state index contributed by atoms with van der Waals surface area (Å²) in [6.45, 7) is 1.22. The molecule has 4 nitrogen and oxygen atoms in total. The van der Waals surface area contributed by atoms with E-state index in [-0.39, 0.29) is 10.9 Å². The number of hydrogen-bond acceptors (Lipinski definition) is 3. The van der Waals surface area contributed by atoms with Crippen LogP contribution in [0.4, 0.5) is 10.1 Å². The molecule has 0 aliphatic carbocycles. The molecule has 1 N–H and O–H groups in total. The van der Waals surface area contributed by atoms with E-state index < -0.39 is 11.8 Å². The van der Waals surface area contributed by atoms with Gasteiger partial charge in [-0.15, -0.1) is 0 Å². The van der Waals surface area contributed by atoms with Gasteiger partial charge in [0.25, 0.3) is 0 Å². The summed E-state index contributed by atoms with van der Waals surface area (Å²) in [5.74, 6) is -1.66. The number of pyridine rings is 1. The van der Waals surface area contributed by atoms with Crippen LogP contribution in [0.25, 0.3) is 10.9 Å².